The third-order valence-corrected chi connectivity index (χ3v) is 4.90. The van der Waals surface area contributed by atoms with Gasteiger partial charge in [0, 0.05) is 30.6 Å². The molecule has 2 heterocycles. The SMILES string of the molecule is COCCN(C(=O)Cc1ccccc1OC)c1nnc(-c2cccnc2)s1. The molecule has 0 aliphatic rings. The minimum Gasteiger partial charge on any atom is -0.496 e. The van der Waals surface area contributed by atoms with Crippen molar-refractivity contribution in [2.45, 2.75) is 6.42 Å². The van der Waals surface area contributed by atoms with Crippen molar-refractivity contribution >= 4 is 22.4 Å². The third-order valence-electron chi connectivity index (χ3n) is 3.91. The molecule has 8 heteroatoms. The van der Waals surface area contributed by atoms with Gasteiger partial charge in [0.05, 0.1) is 26.7 Å². The molecule has 0 atom stereocenters. The minimum atomic E-state index is -0.0922. The maximum Gasteiger partial charge on any atom is 0.233 e. The summed E-state index contributed by atoms with van der Waals surface area (Å²) in [4.78, 5) is 18.7. The second kappa shape index (κ2) is 9.20. The second-order valence-corrected chi connectivity index (χ2v) is 6.61. The number of methoxy groups -OCH3 is 2. The molecule has 1 aromatic carbocycles. The zero-order chi connectivity index (χ0) is 19.1. The van der Waals surface area contributed by atoms with Gasteiger partial charge in [0.25, 0.3) is 0 Å². The van der Waals surface area contributed by atoms with Gasteiger partial charge in [0.15, 0.2) is 5.01 Å². The monoisotopic (exact) mass is 384 g/mol. The quantitative estimate of drug-likeness (QED) is 0.594. The van der Waals surface area contributed by atoms with Gasteiger partial charge < -0.3 is 9.47 Å². The zero-order valence-electron chi connectivity index (χ0n) is 15.2. The molecule has 0 saturated carbocycles. The number of hydrogen-bond donors (Lipinski definition) is 0. The number of aromatic nitrogens is 3. The Labute approximate surface area is 161 Å². The number of carbonyl (C=O) groups excluding carboxylic acids is 1. The molecule has 7 nitrogen and oxygen atoms in total. The maximum absolute atomic E-state index is 13.0. The standard InChI is InChI=1S/C19H20N4O3S/c1-25-11-10-23(17(24)12-14-6-3-4-8-16(14)26-2)19-22-21-18(27-19)15-7-5-9-20-13-15/h3-9,13H,10-12H2,1-2H3. The predicted molar refractivity (Wildman–Crippen MR) is 104 cm³/mol. The lowest BCUT2D eigenvalue weighted by atomic mass is 10.1. The van der Waals surface area contributed by atoms with Gasteiger partial charge >= 0.3 is 0 Å². The number of ether oxygens (including phenoxy) is 2. The molecular formula is C19H20N4O3S. The van der Waals surface area contributed by atoms with Gasteiger partial charge in [0.2, 0.25) is 11.0 Å². The van der Waals surface area contributed by atoms with Gasteiger partial charge in [-0.15, -0.1) is 10.2 Å². The summed E-state index contributed by atoms with van der Waals surface area (Å²) in [5.41, 5.74) is 1.69. The Morgan fingerprint density at radius 1 is 1.15 bits per heavy atom. The van der Waals surface area contributed by atoms with E-state index in [1.165, 1.54) is 11.3 Å². The normalized spacial score (nSPS) is 10.6. The van der Waals surface area contributed by atoms with Crippen LogP contribution < -0.4 is 9.64 Å². The molecule has 0 aliphatic heterocycles. The highest BCUT2D eigenvalue weighted by Crippen LogP contribution is 2.29. The molecule has 3 aromatic rings. The second-order valence-electron chi connectivity index (χ2n) is 5.66. The molecule has 0 aliphatic carbocycles. The molecule has 0 radical (unpaired) electrons. The van der Waals surface area contributed by atoms with Crippen LogP contribution in [0, 0.1) is 0 Å². The molecule has 0 unspecified atom stereocenters. The zero-order valence-corrected chi connectivity index (χ0v) is 16.0. The first-order valence-corrected chi connectivity index (χ1v) is 9.19. The van der Waals surface area contributed by atoms with E-state index < -0.39 is 0 Å². The highest BCUT2D eigenvalue weighted by atomic mass is 32.1. The fourth-order valence-electron chi connectivity index (χ4n) is 2.55. The number of carbonyl (C=O) groups is 1. The van der Waals surface area contributed by atoms with Crippen LogP contribution >= 0.6 is 11.3 Å². The molecule has 0 saturated heterocycles. The van der Waals surface area contributed by atoms with Crippen molar-refractivity contribution in [1.82, 2.24) is 15.2 Å². The molecule has 1 amide bonds. The van der Waals surface area contributed by atoms with E-state index >= 15 is 0 Å². The van der Waals surface area contributed by atoms with Crippen molar-refractivity contribution in [3.05, 3.63) is 54.4 Å². The topological polar surface area (TPSA) is 77.4 Å². The number of amides is 1. The molecule has 0 fully saturated rings. The Hall–Kier alpha value is -2.84. The fourth-order valence-corrected chi connectivity index (χ4v) is 3.43. The Balaban J connectivity index is 1.83. The summed E-state index contributed by atoms with van der Waals surface area (Å²) in [5.74, 6) is 0.594. The van der Waals surface area contributed by atoms with Crippen molar-refractivity contribution in [2.24, 2.45) is 0 Å². The molecule has 3 rings (SSSR count). The number of hydrogen-bond acceptors (Lipinski definition) is 7. The van der Waals surface area contributed by atoms with E-state index in [4.69, 9.17) is 9.47 Å². The highest BCUT2D eigenvalue weighted by Gasteiger charge is 2.21. The smallest absolute Gasteiger partial charge is 0.233 e. The number of pyridine rings is 1. The van der Waals surface area contributed by atoms with Crippen LogP contribution in [0.4, 0.5) is 5.13 Å². The first-order chi connectivity index (χ1) is 13.2. The molecule has 0 bridgehead atoms. The van der Waals surface area contributed by atoms with Gasteiger partial charge in [-0.2, -0.15) is 0 Å². The van der Waals surface area contributed by atoms with Crippen LogP contribution in [-0.4, -0.2) is 48.5 Å². The maximum atomic E-state index is 13.0. The van der Waals surface area contributed by atoms with Gasteiger partial charge in [-0.25, -0.2) is 0 Å². The predicted octanol–water partition coefficient (Wildman–Crippen LogP) is 2.83. The Morgan fingerprint density at radius 2 is 2.00 bits per heavy atom. The summed E-state index contributed by atoms with van der Waals surface area (Å²) in [6.45, 7) is 0.797. The van der Waals surface area contributed by atoms with Crippen molar-refractivity contribution < 1.29 is 14.3 Å². The third kappa shape index (κ3) is 4.66. The van der Waals surface area contributed by atoms with Gasteiger partial charge in [-0.1, -0.05) is 29.5 Å². The fraction of sp³-hybridized carbons (Fsp3) is 0.263. The van der Waals surface area contributed by atoms with Crippen molar-refractivity contribution in [1.29, 1.82) is 0 Å². The van der Waals surface area contributed by atoms with Crippen LogP contribution in [0.3, 0.4) is 0 Å². The van der Waals surface area contributed by atoms with E-state index in [-0.39, 0.29) is 12.3 Å². The number of para-hydroxylation sites is 1. The first-order valence-electron chi connectivity index (χ1n) is 8.38. The summed E-state index contributed by atoms with van der Waals surface area (Å²) in [7, 11) is 3.20. The largest absolute Gasteiger partial charge is 0.496 e. The van der Waals surface area contributed by atoms with Crippen LogP contribution in [0.2, 0.25) is 0 Å². The Kier molecular flexibility index (Phi) is 6.45. The molecular weight excluding hydrogens is 364 g/mol. The number of rotatable bonds is 8. The van der Waals surface area contributed by atoms with Crippen LogP contribution in [0.1, 0.15) is 5.56 Å². The summed E-state index contributed by atoms with van der Waals surface area (Å²) in [6.07, 6.45) is 3.63. The van der Waals surface area contributed by atoms with E-state index in [9.17, 15) is 4.79 Å². The first kappa shape index (κ1) is 18.9. The summed E-state index contributed by atoms with van der Waals surface area (Å²) >= 11 is 1.35. The van der Waals surface area contributed by atoms with Crippen molar-refractivity contribution in [3.63, 3.8) is 0 Å². The van der Waals surface area contributed by atoms with Gasteiger partial charge in [0.1, 0.15) is 5.75 Å². The van der Waals surface area contributed by atoms with Gasteiger partial charge in [-0.3, -0.25) is 14.7 Å². The van der Waals surface area contributed by atoms with Crippen LogP contribution in [-0.2, 0) is 16.0 Å². The number of benzene rings is 1. The summed E-state index contributed by atoms with van der Waals surface area (Å²) in [5, 5.41) is 9.66. The molecule has 2 aromatic heterocycles. The van der Waals surface area contributed by atoms with E-state index in [1.807, 2.05) is 36.4 Å². The van der Waals surface area contributed by atoms with Crippen LogP contribution in [0.15, 0.2) is 48.8 Å². The number of nitrogens with zero attached hydrogens (tertiary/aromatic N) is 4. The lowest BCUT2D eigenvalue weighted by Crippen LogP contribution is -2.35. The highest BCUT2D eigenvalue weighted by molar-refractivity contribution is 7.18. The van der Waals surface area contributed by atoms with Gasteiger partial charge in [-0.05, 0) is 18.2 Å². The molecule has 27 heavy (non-hydrogen) atoms. The Morgan fingerprint density at radius 3 is 2.74 bits per heavy atom. The minimum absolute atomic E-state index is 0.0922. The van der Waals surface area contributed by atoms with Crippen LogP contribution in [0.5, 0.6) is 5.75 Å². The van der Waals surface area contributed by atoms with E-state index in [0.717, 1.165) is 11.1 Å². The Bertz CT molecular complexity index is 885. The van der Waals surface area contributed by atoms with Crippen molar-refractivity contribution in [2.75, 3.05) is 32.3 Å². The lowest BCUT2D eigenvalue weighted by molar-refractivity contribution is -0.118. The van der Waals surface area contributed by atoms with Crippen LogP contribution in [0.25, 0.3) is 10.6 Å². The van der Waals surface area contributed by atoms with E-state index in [1.54, 1.807) is 31.5 Å². The summed E-state index contributed by atoms with van der Waals surface area (Å²) < 4.78 is 10.5. The molecule has 0 N–H and O–H groups in total. The molecule has 0 spiro atoms. The average Bonchev–Trinajstić information content (AvgIpc) is 3.19. The number of anilines is 1. The lowest BCUT2D eigenvalue weighted by Gasteiger charge is -2.19. The molecule has 140 valence electrons. The van der Waals surface area contributed by atoms with E-state index in [0.29, 0.717) is 29.0 Å². The van der Waals surface area contributed by atoms with Crippen molar-refractivity contribution in [3.8, 4) is 16.3 Å². The summed E-state index contributed by atoms with van der Waals surface area (Å²) in [6, 6.07) is 11.2. The average molecular weight is 384 g/mol. The van der Waals surface area contributed by atoms with E-state index in [2.05, 4.69) is 15.2 Å².